The molecule has 1 atom stereocenters. The lowest BCUT2D eigenvalue weighted by Crippen LogP contribution is -2.29. The molecule has 104 valence electrons. The summed E-state index contributed by atoms with van der Waals surface area (Å²) in [5.41, 5.74) is 2.21. The van der Waals surface area contributed by atoms with E-state index in [2.05, 4.69) is 0 Å². The van der Waals surface area contributed by atoms with Crippen molar-refractivity contribution < 1.29 is 17.9 Å². The van der Waals surface area contributed by atoms with Gasteiger partial charge in [-0.25, -0.2) is 0 Å². The summed E-state index contributed by atoms with van der Waals surface area (Å²) in [6.45, 7) is 2.00. The fourth-order valence-electron chi connectivity index (χ4n) is 2.06. The number of fused-ring (bicyclic) bond motifs is 1. The Morgan fingerprint density at radius 2 is 1.79 bits per heavy atom. The SMILES string of the molecule is COSc1ccc(SOC)c2c1COC(C(C)=O)C2. The van der Waals surface area contributed by atoms with Crippen molar-refractivity contribution in [3.05, 3.63) is 23.3 Å². The first-order valence-corrected chi connectivity index (χ1v) is 7.33. The van der Waals surface area contributed by atoms with E-state index in [0.717, 1.165) is 20.9 Å². The summed E-state index contributed by atoms with van der Waals surface area (Å²) in [6.07, 6.45) is 0.237. The number of ether oxygens (including phenoxy) is 1. The molecule has 19 heavy (non-hydrogen) atoms. The molecule has 0 amide bonds. The van der Waals surface area contributed by atoms with Gasteiger partial charge in [0, 0.05) is 40.3 Å². The second-order valence-corrected chi connectivity index (χ2v) is 6.01. The second kappa shape index (κ2) is 6.76. The molecule has 0 saturated heterocycles. The van der Waals surface area contributed by atoms with Crippen LogP contribution < -0.4 is 0 Å². The minimum atomic E-state index is -0.355. The zero-order valence-electron chi connectivity index (χ0n) is 11.1. The predicted molar refractivity (Wildman–Crippen MR) is 75.1 cm³/mol. The van der Waals surface area contributed by atoms with E-state index in [-0.39, 0.29) is 11.9 Å². The van der Waals surface area contributed by atoms with Crippen LogP contribution in [0.3, 0.4) is 0 Å². The highest BCUT2D eigenvalue weighted by Gasteiger charge is 2.27. The van der Waals surface area contributed by atoms with E-state index in [0.29, 0.717) is 13.0 Å². The van der Waals surface area contributed by atoms with Crippen molar-refractivity contribution in [2.24, 2.45) is 0 Å². The Morgan fingerprint density at radius 3 is 2.32 bits per heavy atom. The normalized spacial score (nSPS) is 18.2. The van der Waals surface area contributed by atoms with Gasteiger partial charge >= 0.3 is 0 Å². The fourth-order valence-corrected chi connectivity index (χ4v) is 3.25. The third-order valence-electron chi connectivity index (χ3n) is 2.96. The topological polar surface area (TPSA) is 44.8 Å². The molecule has 0 fully saturated rings. The number of hydrogen-bond acceptors (Lipinski definition) is 6. The monoisotopic (exact) mass is 300 g/mol. The number of benzene rings is 1. The first kappa shape index (κ1) is 14.9. The van der Waals surface area contributed by atoms with Crippen molar-refractivity contribution >= 4 is 29.9 Å². The zero-order valence-corrected chi connectivity index (χ0v) is 12.7. The van der Waals surface area contributed by atoms with E-state index in [9.17, 15) is 4.79 Å². The molecule has 1 aromatic rings. The number of hydrogen-bond donors (Lipinski definition) is 0. The molecule has 1 heterocycles. The molecule has 0 aliphatic carbocycles. The average molecular weight is 300 g/mol. The van der Waals surface area contributed by atoms with Crippen molar-refractivity contribution in [2.75, 3.05) is 14.2 Å². The van der Waals surface area contributed by atoms with Crippen LogP contribution in [0.25, 0.3) is 0 Å². The molecule has 0 N–H and O–H groups in total. The molecule has 1 aliphatic heterocycles. The molecule has 6 heteroatoms. The maximum absolute atomic E-state index is 11.5. The maximum Gasteiger partial charge on any atom is 0.158 e. The lowest BCUT2D eigenvalue weighted by Gasteiger charge is -2.26. The van der Waals surface area contributed by atoms with Crippen LogP contribution in [-0.4, -0.2) is 26.1 Å². The van der Waals surface area contributed by atoms with E-state index in [1.54, 1.807) is 21.1 Å². The minimum absolute atomic E-state index is 0.0591. The van der Waals surface area contributed by atoms with E-state index in [1.807, 2.05) is 12.1 Å². The molecular formula is C13H16O4S2. The van der Waals surface area contributed by atoms with Crippen LogP contribution in [0.5, 0.6) is 0 Å². The summed E-state index contributed by atoms with van der Waals surface area (Å²) in [6, 6.07) is 3.99. The van der Waals surface area contributed by atoms with Gasteiger partial charge in [-0.2, -0.15) is 0 Å². The van der Waals surface area contributed by atoms with Gasteiger partial charge in [0.2, 0.25) is 0 Å². The standard InChI is InChI=1S/C13H16O4S2/c1-8(14)11-6-9-10(7-17-11)13(19-16-3)5-4-12(9)18-15-2/h4-5,11H,6-7H2,1-3H3. The molecule has 1 aliphatic rings. The largest absolute Gasteiger partial charge is 0.365 e. The molecule has 0 saturated carbocycles. The smallest absolute Gasteiger partial charge is 0.158 e. The highest BCUT2D eigenvalue weighted by Crippen LogP contribution is 2.37. The molecular weight excluding hydrogens is 284 g/mol. The van der Waals surface area contributed by atoms with Gasteiger partial charge < -0.3 is 13.1 Å². The first-order chi connectivity index (χ1) is 9.17. The quantitative estimate of drug-likeness (QED) is 0.779. The minimum Gasteiger partial charge on any atom is -0.365 e. The summed E-state index contributed by atoms with van der Waals surface area (Å²) in [5, 5.41) is 0. The summed E-state index contributed by atoms with van der Waals surface area (Å²) in [7, 11) is 3.27. The third kappa shape index (κ3) is 3.32. The molecule has 1 unspecified atom stereocenters. The molecule has 0 aromatic heterocycles. The number of carbonyl (C=O) groups is 1. The van der Waals surface area contributed by atoms with Gasteiger partial charge in [0.05, 0.1) is 20.8 Å². The van der Waals surface area contributed by atoms with Crippen LogP contribution in [0.15, 0.2) is 21.9 Å². The Balaban J connectivity index is 2.38. The summed E-state index contributed by atoms with van der Waals surface area (Å²) >= 11 is 2.62. The van der Waals surface area contributed by atoms with Gasteiger partial charge in [0.15, 0.2) is 5.78 Å². The van der Waals surface area contributed by atoms with Crippen molar-refractivity contribution in [1.29, 1.82) is 0 Å². The van der Waals surface area contributed by atoms with Crippen LogP contribution >= 0.6 is 24.1 Å². The van der Waals surface area contributed by atoms with Crippen LogP contribution in [0.2, 0.25) is 0 Å². The lowest BCUT2D eigenvalue weighted by atomic mass is 9.97. The summed E-state index contributed by atoms with van der Waals surface area (Å²) in [4.78, 5) is 13.6. The number of rotatable bonds is 5. The van der Waals surface area contributed by atoms with Gasteiger partial charge in [-0.3, -0.25) is 4.79 Å². The van der Waals surface area contributed by atoms with Gasteiger partial charge in [-0.15, -0.1) is 0 Å². The van der Waals surface area contributed by atoms with E-state index >= 15 is 0 Å². The van der Waals surface area contributed by atoms with Gasteiger partial charge in [0.25, 0.3) is 0 Å². The first-order valence-electron chi connectivity index (χ1n) is 5.85. The van der Waals surface area contributed by atoms with E-state index < -0.39 is 0 Å². The number of Topliss-reactive ketones (excluding diaryl/α,β-unsaturated/α-hetero) is 1. The average Bonchev–Trinajstić information content (AvgIpc) is 2.41. The highest BCUT2D eigenvalue weighted by molar-refractivity contribution is 7.95. The highest BCUT2D eigenvalue weighted by atomic mass is 32.2. The lowest BCUT2D eigenvalue weighted by molar-refractivity contribution is -0.130. The molecule has 0 bridgehead atoms. The summed E-state index contributed by atoms with van der Waals surface area (Å²) in [5.74, 6) is 0.0591. The van der Waals surface area contributed by atoms with Crippen molar-refractivity contribution in [3.8, 4) is 0 Å². The van der Waals surface area contributed by atoms with Crippen LogP contribution in [0.1, 0.15) is 18.1 Å². The molecule has 1 aromatic carbocycles. The Hall–Kier alpha value is -0.530. The van der Waals surface area contributed by atoms with Gasteiger partial charge in [0.1, 0.15) is 6.10 Å². The molecule has 2 rings (SSSR count). The maximum atomic E-state index is 11.5. The third-order valence-corrected chi connectivity index (χ3v) is 4.42. The van der Waals surface area contributed by atoms with Crippen molar-refractivity contribution in [3.63, 3.8) is 0 Å². The number of carbonyl (C=O) groups excluding carboxylic acids is 1. The predicted octanol–water partition coefficient (Wildman–Crippen LogP) is 3.02. The van der Waals surface area contributed by atoms with Gasteiger partial charge in [-0.05, 0) is 30.2 Å². The second-order valence-electron chi connectivity index (χ2n) is 4.13. The fraction of sp³-hybridized carbons (Fsp3) is 0.462. The Bertz CT molecular complexity index is 476. The Morgan fingerprint density at radius 1 is 1.21 bits per heavy atom. The summed E-state index contributed by atoms with van der Waals surface area (Å²) < 4.78 is 15.9. The van der Waals surface area contributed by atoms with Crippen molar-refractivity contribution in [1.82, 2.24) is 0 Å². The zero-order chi connectivity index (χ0) is 13.8. The van der Waals surface area contributed by atoms with Crippen LogP contribution in [-0.2, 0) is 30.9 Å². The molecule has 4 nitrogen and oxygen atoms in total. The Kier molecular flexibility index (Phi) is 5.29. The van der Waals surface area contributed by atoms with E-state index in [4.69, 9.17) is 13.1 Å². The van der Waals surface area contributed by atoms with Gasteiger partial charge in [-0.1, -0.05) is 0 Å². The Labute approximate surface area is 121 Å². The molecule has 0 radical (unpaired) electrons. The van der Waals surface area contributed by atoms with E-state index in [1.165, 1.54) is 24.1 Å². The molecule has 0 spiro atoms. The van der Waals surface area contributed by atoms with Crippen molar-refractivity contribution in [2.45, 2.75) is 35.8 Å². The number of ketones is 1. The van der Waals surface area contributed by atoms with Crippen LogP contribution in [0.4, 0.5) is 0 Å². The van der Waals surface area contributed by atoms with Crippen LogP contribution in [0, 0.1) is 0 Å².